The predicted molar refractivity (Wildman–Crippen MR) is 35.3 cm³/mol. The Kier molecular flexibility index (Phi) is 3.00. The van der Waals surface area contributed by atoms with E-state index in [9.17, 15) is 0 Å². The summed E-state index contributed by atoms with van der Waals surface area (Å²) in [7, 11) is 5.51. The first-order valence-corrected chi connectivity index (χ1v) is 5.58. The van der Waals surface area contributed by atoms with Crippen LogP contribution in [0.15, 0.2) is 30.3 Å². The predicted octanol–water partition coefficient (Wildman–Crippen LogP) is 2.23. The van der Waals surface area contributed by atoms with Gasteiger partial charge >= 0.3 is 65.5 Å². The zero-order chi connectivity index (χ0) is 6.53. The Morgan fingerprint density at radius 2 is 1.89 bits per heavy atom. The Morgan fingerprint density at radius 3 is 2.44 bits per heavy atom. The van der Waals surface area contributed by atoms with E-state index >= 15 is 0 Å². The summed E-state index contributed by atoms with van der Waals surface area (Å²) in [6.07, 6.45) is 0. The van der Waals surface area contributed by atoms with Crippen molar-refractivity contribution in [2.45, 2.75) is 0 Å². The monoisotopic (exact) mass is 226 g/mol. The molecule has 0 aliphatic rings. The average Bonchev–Trinajstić information content (AvgIpc) is 1.91. The molecule has 0 aliphatic heterocycles. The van der Waals surface area contributed by atoms with Gasteiger partial charge in [-0.2, -0.15) is 0 Å². The van der Waals surface area contributed by atoms with Gasteiger partial charge in [0.25, 0.3) is 0 Å². The van der Waals surface area contributed by atoms with Gasteiger partial charge in [0.1, 0.15) is 0 Å². The van der Waals surface area contributed by atoms with Gasteiger partial charge in [0, 0.05) is 0 Å². The van der Waals surface area contributed by atoms with E-state index in [4.69, 9.17) is 9.69 Å². The fourth-order valence-corrected chi connectivity index (χ4v) is 1.47. The molecule has 0 nitrogen and oxygen atoms in total. The van der Waals surface area contributed by atoms with Gasteiger partial charge in [-0.1, -0.05) is 0 Å². The molecule has 0 aromatic heterocycles. The van der Waals surface area contributed by atoms with Crippen LogP contribution in [0, 0.1) is 4.41 Å². The summed E-state index contributed by atoms with van der Waals surface area (Å²) in [6, 6.07) is 9.94. The molecule has 1 aromatic rings. The van der Waals surface area contributed by atoms with Crippen molar-refractivity contribution in [2.24, 2.45) is 0 Å². The number of benzene rings is 1. The molecule has 48 valence electrons. The Labute approximate surface area is 65.6 Å². The molecule has 0 amide bonds. The van der Waals surface area contributed by atoms with E-state index in [2.05, 4.69) is 4.41 Å². The van der Waals surface area contributed by atoms with Crippen LogP contribution in [0.2, 0.25) is 0 Å². The molecule has 0 N–H and O–H groups in total. The van der Waals surface area contributed by atoms with Crippen LogP contribution < -0.4 is 0 Å². The van der Waals surface area contributed by atoms with Crippen LogP contribution in [-0.4, -0.2) is 0 Å². The van der Waals surface area contributed by atoms with Gasteiger partial charge in [0.05, 0.1) is 0 Å². The third-order valence-corrected chi connectivity index (χ3v) is 1.97. The summed E-state index contributed by atoms with van der Waals surface area (Å²) >= 11 is -0.201. The van der Waals surface area contributed by atoms with Crippen LogP contribution in [0.4, 0.5) is 0 Å². The van der Waals surface area contributed by atoms with Crippen molar-refractivity contribution >= 4 is 9.69 Å². The van der Waals surface area contributed by atoms with Gasteiger partial charge in [-0.3, -0.25) is 0 Å². The van der Waals surface area contributed by atoms with Crippen LogP contribution in [0.5, 0.6) is 0 Å². The fraction of sp³-hybridized carbons (Fsp3) is 0. The van der Waals surface area contributed by atoms with Gasteiger partial charge in [-0.15, -0.1) is 0 Å². The maximum atomic E-state index is 5.51. The molecule has 1 aromatic carbocycles. The number of halogens is 1. The fourth-order valence-electron chi connectivity index (χ4n) is 0.536. The molecular formula is C7H5ClRu. The van der Waals surface area contributed by atoms with Crippen molar-refractivity contribution < 1.29 is 15.5 Å². The van der Waals surface area contributed by atoms with Gasteiger partial charge in [-0.25, -0.2) is 0 Å². The Morgan fingerprint density at radius 1 is 1.22 bits per heavy atom. The summed E-state index contributed by atoms with van der Waals surface area (Å²) in [5.41, 5.74) is 1.10. The quantitative estimate of drug-likeness (QED) is 0.594. The summed E-state index contributed by atoms with van der Waals surface area (Å²) in [4.78, 5) is 0. The SMILES string of the molecule is [Cl][Ru]#[C]c1ccccc1. The van der Waals surface area contributed by atoms with Crippen molar-refractivity contribution in [3.8, 4) is 4.41 Å². The molecule has 0 aliphatic carbocycles. The summed E-state index contributed by atoms with van der Waals surface area (Å²) in [5, 5.41) is 0. The topological polar surface area (TPSA) is 0 Å². The maximum absolute atomic E-state index is 5.51. The molecule has 0 heterocycles. The third-order valence-electron chi connectivity index (χ3n) is 0.909. The van der Waals surface area contributed by atoms with E-state index in [-0.39, 0.29) is 15.5 Å². The molecule has 9 heavy (non-hydrogen) atoms. The van der Waals surface area contributed by atoms with Gasteiger partial charge in [0.2, 0.25) is 0 Å². The van der Waals surface area contributed by atoms with Crippen molar-refractivity contribution in [1.82, 2.24) is 0 Å². The standard InChI is InChI=1S/C7H5.ClH.Ru/c1-7-5-3-2-4-6-7;;/h2-6H;1H;/q;;+1/p-1. The van der Waals surface area contributed by atoms with E-state index in [1.807, 2.05) is 30.3 Å². The molecule has 0 saturated carbocycles. The van der Waals surface area contributed by atoms with Crippen LogP contribution in [0.3, 0.4) is 0 Å². The van der Waals surface area contributed by atoms with Crippen LogP contribution in [-0.2, 0) is 15.5 Å². The summed E-state index contributed by atoms with van der Waals surface area (Å²) < 4.78 is 3.06. The molecule has 0 spiro atoms. The van der Waals surface area contributed by atoms with E-state index in [1.165, 1.54) is 0 Å². The molecule has 2 heteroatoms. The van der Waals surface area contributed by atoms with E-state index in [0.717, 1.165) is 5.56 Å². The average molecular weight is 226 g/mol. The van der Waals surface area contributed by atoms with E-state index in [0.29, 0.717) is 0 Å². The van der Waals surface area contributed by atoms with Gasteiger partial charge < -0.3 is 0 Å². The number of hydrogen-bond acceptors (Lipinski definition) is 0. The number of hydrogen-bond donors (Lipinski definition) is 0. The Hall–Kier alpha value is -0.0866. The first-order chi connectivity index (χ1) is 4.43. The molecule has 0 unspecified atom stereocenters. The van der Waals surface area contributed by atoms with Gasteiger partial charge in [0.15, 0.2) is 0 Å². The summed E-state index contributed by atoms with van der Waals surface area (Å²) in [6.45, 7) is 0. The Bertz CT molecular complexity index is 232. The normalized spacial score (nSPS) is 8.56. The van der Waals surface area contributed by atoms with Crippen LogP contribution in [0.1, 0.15) is 5.56 Å². The zero-order valence-corrected chi connectivity index (χ0v) is 7.11. The zero-order valence-electron chi connectivity index (χ0n) is 4.62. The first-order valence-electron chi connectivity index (χ1n) is 2.47. The first kappa shape index (κ1) is 7.03. The van der Waals surface area contributed by atoms with Crippen molar-refractivity contribution in [2.75, 3.05) is 0 Å². The summed E-state index contributed by atoms with van der Waals surface area (Å²) in [5.74, 6) is 0. The third kappa shape index (κ3) is 2.32. The minimum atomic E-state index is -0.201. The van der Waals surface area contributed by atoms with Gasteiger partial charge in [-0.05, 0) is 0 Å². The second-order valence-corrected chi connectivity index (χ2v) is 3.07. The molecule has 0 radical (unpaired) electrons. The molecule has 1 rings (SSSR count). The minimum absolute atomic E-state index is 0.201. The Balaban J connectivity index is 2.94. The number of rotatable bonds is 0. The second kappa shape index (κ2) is 3.85. The van der Waals surface area contributed by atoms with E-state index < -0.39 is 0 Å². The van der Waals surface area contributed by atoms with Crippen molar-refractivity contribution in [1.29, 1.82) is 0 Å². The molecule has 0 bridgehead atoms. The molecular weight excluding hydrogens is 221 g/mol. The van der Waals surface area contributed by atoms with Crippen molar-refractivity contribution in [3.05, 3.63) is 35.9 Å². The van der Waals surface area contributed by atoms with Crippen molar-refractivity contribution in [3.63, 3.8) is 0 Å². The van der Waals surface area contributed by atoms with Crippen LogP contribution in [0.25, 0.3) is 0 Å². The van der Waals surface area contributed by atoms with E-state index in [1.54, 1.807) is 0 Å². The molecule has 0 saturated heterocycles. The molecule has 0 fully saturated rings. The second-order valence-electron chi connectivity index (χ2n) is 1.52. The molecule has 0 atom stereocenters. The van der Waals surface area contributed by atoms with Crippen LogP contribution >= 0.6 is 9.69 Å².